The highest BCUT2D eigenvalue weighted by molar-refractivity contribution is 6.00. The van der Waals surface area contributed by atoms with Gasteiger partial charge in [0.25, 0.3) is 11.8 Å². The van der Waals surface area contributed by atoms with E-state index in [1.807, 2.05) is 0 Å². The first-order valence-electron chi connectivity index (χ1n) is 8.22. The third-order valence-corrected chi connectivity index (χ3v) is 3.85. The summed E-state index contributed by atoms with van der Waals surface area (Å²) in [5, 5.41) is 23.1. The molecule has 0 aromatic heterocycles. The third kappa shape index (κ3) is 5.58. The van der Waals surface area contributed by atoms with Gasteiger partial charge in [-0.1, -0.05) is 27.7 Å². The van der Waals surface area contributed by atoms with Crippen molar-refractivity contribution in [2.24, 2.45) is 11.8 Å². The van der Waals surface area contributed by atoms with Gasteiger partial charge in [0.1, 0.15) is 12.1 Å². The minimum atomic E-state index is -1.13. The molecular formula is C18H24N2O6. The normalized spacial score (nSPS) is 13.2. The van der Waals surface area contributed by atoms with Crippen LogP contribution in [-0.2, 0) is 9.59 Å². The van der Waals surface area contributed by atoms with Crippen LogP contribution in [0.1, 0.15) is 48.4 Å². The Morgan fingerprint density at radius 3 is 1.15 bits per heavy atom. The van der Waals surface area contributed by atoms with E-state index in [1.54, 1.807) is 27.7 Å². The summed E-state index contributed by atoms with van der Waals surface area (Å²) in [6.45, 7) is 6.72. The Morgan fingerprint density at radius 2 is 0.962 bits per heavy atom. The van der Waals surface area contributed by atoms with Crippen molar-refractivity contribution in [2.75, 3.05) is 0 Å². The lowest BCUT2D eigenvalue weighted by molar-refractivity contribution is -0.141. The number of hydrogen-bond donors (Lipinski definition) is 4. The van der Waals surface area contributed by atoms with E-state index in [9.17, 15) is 19.2 Å². The first-order chi connectivity index (χ1) is 12.0. The van der Waals surface area contributed by atoms with Crippen LogP contribution in [0, 0.1) is 11.8 Å². The third-order valence-electron chi connectivity index (χ3n) is 3.85. The molecule has 0 aliphatic heterocycles. The van der Waals surface area contributed by atoms with Crippen molar-refractivity contribution in [3.05, 3.63) is 35.4 Å². The van der Waals surface area contributed by atoms with Gasteiger partial charge in [-0.25, -0.2) is 9.59 Å². The molecule has 0 unspecified atom stereocenters. The summed E-state index contributed by atoms with van der Waals surface area (Å²) in [5.41, 5.74) is 0.402. The minimum Gasteiger partial charge on any atom is -0.480 e. The minimum absolute atomic E-state index is 0.201. The second kappa shape index (κ2) is 8.98. The standard InChI is InChI=1S/C18H24N2O6/c1-9(2)13(17(23)24)19-15(21)11-5-7-12(8-6-11)16(22)20-14(10(3)4)18(25)26/h5-10,13-14H,1-4H3,(H,19,21)(H,20,22)(H,23,24)(H,25,26)/t13-,14-/m0/s1. The number of amides is 2. The number of rotatable bonds is 8. The van der Waals surface area contributed by atoms with Gasteiger partial charge >= 0.3 is 11.9 Å². The first kappa shape index (κ1) is 21.1. The van der Waals surface area contributed by atoms with Gasteiger partial charge in [0.2, 0.25) is 0 Å². The maximum absolute atomic E-state index is 12.1. The highest BCUT2D eigenvalue weighted by atomic mass is 16.4. The Morgan fingerprint density at radius 1 is 0.692 bits per heavy atom. The molecule has 0 aliphatic rings. The van der Waals surface area contributed by atoms with E-state index in [4.69, 9.17) is 10.2 Å². The predicted molar refractivity (Wildman–Crippen MR) is 93.9 cm³/mol. The van der Waals surface area contributed by atoms with Crippen LogP contribution in [0.25, 0.3) is 0 Å². The molecular weight excluding hydrogens is 340 g/mol. The maximum Gasteiger partial charge on any atom is 0.326 e. The fraction of sp³-hybridized carbons (Fsp3) is 0.444. The smallest absolute Gasteiger partial charge is 0.326 e. The lowest BCUT2D eigenvalue weighted by Gasteiger charge is -2.18. The Kier molecular flexibility index (Phi) is 7.30. The Bertz CT molecular complexity index is 622. The number of nitrogens with one attached hydrogen (secondary N) is 2. The van der Waals surface area contributed by atoms with Crippen LogP contribution >= 0.6 is 0 Å². The number of benzene rings is 1. The van der Waals surface area contributed by atoms with Crippen LogP contribution < -0.4 is 10.6 Å². The van der Waals surface area contributed by atoms with Gasteiger partial charge in [0.15, 0.2) is 0 Å². The number of carbonyl (C=O) groups excluding carboxylic acids is 2. The number of aliphatic carboxylic acids is 2. The second-order valence-corrected chi connectivity index (χ2v) is 6.64. The number of carbonyl (C=O) groups is 4. The van der Waals surface area contributed by atoms with Crippen molar-refractivity contribution in [1.29, 1.82) is 0 Å². The van der Waals surface area contributed by atoms with Crippen molar-refractivity contribution in [1.82, 2.24) is 10.6 Å². The van der Waals surface area contributed by atoms with Gasteiger partial charge in [-0.2, -0.15) is 0 Å². The molecule has 0 saturated carbocycles. The summed E-state index contributed by atoms with van der Waals surface area (Å²) in [6.07, 6.45) is 0. The zero-order chi connectivity index (χ0) is 20.0. The predicted octanol–water partition coefficient (Wildman–Crippen LogP) is 1.36. The van der Waals surface area contributed by atoms with Crippen molar-refractivity contribution in [3.63, 3.8) is 0 Å². The zero-order valence-corrected chi connectivity index (χ0v) is 15.1. The zero-order valence-electron chi connectivity index (χ0n) is 15.1. The van der Waals surface area contributed by atoms with Crippen LogP contribution in [0.5, 0.6) is 0 Å². The van der Waals surface area contributed by atoms with Crippen LogP contribution in [0.15, 0.2) is 24.3 Å². The summed E-state index contributed by atoms with van der Waals surface area (Å²) >= 11 is 0. The van der Waals surface area contributed by atoms with Gasteiger partial charge in [-0.3, -0.25) is 9.59 Å². The summed E-state index contributed by atoms with van der Waals surface area (Å²) in [6, 6.07) is 3.49. The van der Waals surface area contributed by atoms with Crippen molar-refractivity contribution >= 4 is 23.8 Å². The summed E-state index contributed by atoms with van der Waals surface area (Å²) in [4.78, 5) is 46.6. The van der Waals surface area contributed by atoms with E-state index in [2.05, 4.69) is 10.6 Å². The van der Waals surface area contributed by atoms with E-state index < -0.39 is 35.8 Å². The Labute approximate surface area is 151 Å². The van der Waals surface area contributed by atoms with Crippen molar-refractivity contribution in [3.8, 4) is 0 Å². The van der Waals surface area contributed by atoms with Crippen LogP contribution in [0.4, 0.5) is 0 Å². The molecule has 4 N–H and O–H groups in total. The molecule has 8 nitrogen and oxygen atoms in total. The molecule has 1 aromatic carbocycles. The summed E-state index contributed by atoms with van der Waals surface area (Å²) in [5.74, 6) is -3.96. The lowest BCUT2D eigenvalue weighted by atomic mass is 10.0. The SMILES string of the molecule is CC(C)[C@H](NC(=O)c1ccc(C(=O)N[C@H](C(=O)O)C(C)C)cc1)C(=O)O. The average Bonchev–Trinajstić information content (AvgIpc) is 2.55. The second-order valence-electron chi connectivity index (χ2n) is 6.64. The summed E-state index contributed by atoms with van der Waals surface area (Å²) in [7, 11) is 0. The van der Waals surface area contributed by atoms with Crippen LogP contribution in [-0.4, -0.2) is 46.0 Å². The molecule has 0 bridgehead atoms. The van der Waals surface area contributed by atoms with Crippen LogP contribution in [0.3, 0.4) is 0 Å². The quantitative estimate of drug-likeness (QED) is 0.550. The van der Waals surface area contributed by atoms with Gasteiger partial charge in [-0.05, 0) is 36.1 Å². The van der Waals surface area contributed by atoms with Gasteiger partial charge in [0, 0.05) is 11.1 Å². The fourth-order valence-electron chi connectivity index (χ4n) is 2.25. The molecule has 0 spiro atoms. The monoisotopic (exact) mass is 364 g/mol. The molecule has 2 atom stereocenters. The van der Waals surface area contributed by atoms with E-state index in [0.29, 0.717) is 0 Å². The van der Waals surface area contributed by atoms with E-state index in [1.165, 1.54) is 24.3 Å². The van der Waals surface area contributed by atoms with E-state index >= 15 is 0 Å². The number of carboxylic acid groups (broad SMARTS) is 2. The molecule has 1 rings (SSSR count). The molecule has 142 valence electrons. The van der Waals surface area contributed by atoms with Crippen LogP contribution in [0.2, 0.25) is 0 Å². The number of hydrogen-bond acceptors (Lipinski definition) is 4. The lowest BCUT2D eigenvalue weighted by Crippen LogP contribution is -2.44. The fourth-order valence-corrected chi connectivity index (χ4v) is 2.25. The molecule has 26 heavy (non-hydrogen) atoms. The van der Waals surface area contributed by atoms with Gasteiger partial charge in [0.05, 0.1) is 0 Å². The highest BCUT2D eigenvalue weighted by Gasteiger charge is 2.25. The molecule has 0 heterocycles. The van der Waals surface area contributed by atoms with E-state index in [-0.39, 0.29) is 23.0 Å². The molecule has 2 amide bonds. The molecule has 8 heteroatoms. The average molecular weight is 364 g/mol. The molecule has 0 radical (unpaired) electrons. The summed E-state index contributed by atoms with van der Waals surface area (Å²) < 4.78 is 0. The van der Waals surface area contributed by atoms with E-state index in [0.717, 1.165) is 0 Å². The molecule has 0 aliphatic carbocycles. The largest absolute Gasteiger partial charge is 0.480 e. The highest BCUT2D eigenvalue weighted by Crippen LogP contribution is 2.09. The van der Waals surface area contributed by atoms with Gasteiger partial charge < -0.3 is 20.8 Å². The van der Waals surface area contributed by atoms with Crippen molar-refractivity contribution < 1.29 is 29.4 Å². The number of carboxylic acids is 2. The Hall–Kier alpha value is -2.90. The Balaban J connectivity index is 2.84. The molecule has 1 aromatic rings. The topological polar surface area (TPSA) is 133 Å². The maximum atomic E-state index is 12.1. The first-order valence-corrected chi connectivity index (χ1v) is 8.22. The van der Waals surface area contributed by atoms with Gasteiger partial charge in [-0.15, -0.1) is 0 Å². The molecule has 0 saturated heterocycles. The van der Waals surface area contributed by atoms with Crippen molar-refractivity contribution in [2.45, 2.75) is 39.8 Å². The molecule has 0 fully saturated rings.